The van der Waals surface area contributed by atoms with Crippen LogP contribution in [-0.2, 0) is 16.6 Å². The van der Waals surface area contributed by atoms with Gasteiger partial charge in [0.2, 0.25) is 11.8 Å². The van der Waals surface area contributed by atoms with E-state index in [9.17, 15) is 9.59 Å². The van der Waals surface area contributed by atoms with Crippen LogP contribution in [0.2, 0.25) is 0 Å². The molecule has 1 aromatic rings. The average molecular weight is 397 g/mol. The standard InChI is InChI=1S/C23H32N4O2/c1-15-3-5-18(6-4-15)26-14-17(13-22(26)28)23(29)27-19-7-8-20(27)12-16(11-19)21-9-10-24-25(21)2/h9-11,15,17-20H,3-8,12-14H2,1-2H3. The van der Waals surface area contributed by atoms with Crippen molar-refractivity contribution in [2.24, 2.45) is 18.9 Å². The third-order valence-corrected chi connectivity index (χ3v) is 7.73. The fraction of sp³-hybridized carbons (Fsp3) is 0.696. The van der Waals surface area contributed by atoms with Crippen LogP contribution < -0.4 is 0 Å². The van der Waals surface area contributed by atoms with Gasteiger partial charge in [-0.1, -0.05) is 13.0 Å². The van der Waals surface area contributed by atoms with Crippen molar-refractivity contribution in [2.45, 2.75) is 76.4 Å². The van der Waals surface area contributed by atoms with Crippen molar-refractivity contribution in [3.63, 3.8) is 0 Å². The molecule has 156 valence electrons. The van der Waals surface area contributed by atoms with Gasteiger partial charge in [-0.25, -0.2) is 0 Å². The first-order valence-corrected chi connectivity index (χ1v) is 11.3. The zero-order valence-electron chi connectivity index (χ0n) is 17.6. The van der Waals surface area contributed by atoms with Crippen LogP contribution in [0.4, 0.5) is 0 Å². The first-order valence-electron chi connectivity index (χ1n) is 11.3. The second-order valence-electron chi connectivity index (χ2n) is 9.64. The summed E-state index contributed by atoms with van der Waals surface area (Å²) in [5.74, 6) is 1.01. The fourth-order valence-electron chi connectivity index (χ4n) is 6.07. The lowest BCUT2D eigenvalue weighted by Crippen LogP contribution is -2.47. The Morgan fingerprint density at radius 1 is 1.07 bits per heavy atom. The highest BCUT2D eigenvalue weighted by molar-refractivity contribution is 5.90. The average Bonchev–Trinajstić information content (AvgIpc) is 3.38. The molecular formula is C23H32N4O2. The maximum Gasteiger partial charge on any atom is 0.228 e. The number of hydrogen-bond donors (Lipinski definition) is 0. The molecule has 0 spiro atoms. The SMILES string of the molecule is CC1CCC(N2CC(C(=O)N3C4C=C(c5ccnn5C)CC3CC4)CC2=O)CC1. The van der Waals surface area contributed by atoms with E-state index in [4.69, 9.17) is 0 Å². The third kappa shape index (κ3) is 3.30. The van der Waals surface area contributed by atoms with Crippen LogP contribution in [0.25, 0.3) is 5.57 Å². The van der Waals surface area contributed by atoms with E-state index in [0.29, 0.717) is 19.0 Å². The van der Waals surface area contributed by atoms with Gasteiger partial charge >= 0.3 is 0 Å². The first kappa shape index (κ1) is 18.9. The number of carbonyl (C=O) groups is 2. The van der Waals surface area contributed by atoms with E-state index in [1.165, 1.54) is 18.4 Å². The Balaban J connectivity index is 1.29. The molecule has 0 radical (unpaired) electrons. The van der Waals surface area contributed by atoms with E-state index in [-0.39, 0.29) is 29.8 Å². The summed E-state index contributed by atoms with van der Waals surface area (Å²) >= 11 is 0. The summed E-state index contributed by atoms with van der Waals surface area (Å²) in [5, 5.41) is 4.30. The van der Waals surface area contributed by atoms with Crippen molar-refractivity contribution >= 4 is 17.4 Å². The van der Waals surface area contributed by atoms with Crippen molar-refractivity contribution < 1.29 is 9.59 Å². The number of rotatable bonds is 3. The van der Waals surface area contributed by atoms with Crippen molar-refractivity contribution in [1.82, 2.24) is 19.6 Å². The van der Waals surface area contributed by atoms with Gasteiger partial charge in [0.15, 0.2) is 0 Å². The summed E-state index contributed by atoms with van der Waals surface area (Å²) < 4.78 is 1.92. The molecule has 2 bridgehead atoms. The minimum atomic E-state index is -0.156. The largest absolute Gasteiger partial charge is 0.339 e. The Hall–Kier alpha value is -2.11. The van der Waals surface area contributed by atoms with Gasteiger partial charge in [0.25, 0.3) is 0 Å². The van der Waals surface area contributed by atoms with Crippen LogP contribution in [0.15, 0.2) is 18.3 Å². The Morgan fingerprint density at radius 3 is 2.52 bits per heavy atom. The quantitative estimate of drug-likeness (QED) is 0.789. The molecule has 1 aliphatic carbocycles. The summed E-state index contributed by atoms with van der Waals surface area (Å²) in [7, 11) is 1.97. The Labute approximate surface area is 172 Å². The molecule has 1 aromatic heterocycles. The molecule has 3 unspecified atom stereocenters. The normalized spacial score (nSPS) is 34.6. The number of aryl methyl sites for hydroxylation is 1. The lowest BCUT2D eigenvalue weighted by molar-refractivity contribution is -0.138. The van der Waals surface area contributed by atoms with Gasteiger partial charge < -0.3 is 9.80 Å². The minimum Gasteiger partial charge on any atom is -0.339 e. The highest BCUT2D eigenvalue weighted by Crippen LogP contribution is 2.40. The van der Waals surface area contributed by atoms with Crippen LogP contribution in [-0.4, -0.2) is 56.1 Å². The van der Waals surface area contributed by atoms with E-state index >= 15 is 0 Å². The number of likely N-dealkylation sites (tertiary alicyclic amines) is 1. The molecule has 0 aromatic carbocycles. The lowest BCUT2D eigenvalue weighted by Gasteiger charge is -2.36. The van der Waals surface area contributed by atoms with Gasteiger partial charge in [-0.2, -0.15) is 5.10 Å². The molecule has 3 aliphatic heterocycles. The van der Waals surface area contributed by atoms with E-state index < -0.39 is 0 Å². The summed E-state index contributed by atoms with van der Waals surface area (Å²) in [4.78, 5) is 30.3. The van der Waals surface area contributed by atoms with Gasteiger partial charge in [0.1, 0.15) is 0 Å². The molecule has 2 amide bonds. The Morgan fingerprint density at radius 2 is 1.83 bits per heavy atom. The van der Waals surface area contributed by atoms with Crippen LogP contribution in [0.1, 0.15) is 64.0 Å². The van der Waals surface area contributed by atoms with Crippen LogP contribution >= 0.6 is 0 Å². The Bertz CT molecular complexity index is 836. The van der Waals surface area contributed by atoms with E-state index in [2.05, 4.69) is 29.1 Å². The zero-order chi connectivity index (χ0) is 20.1. The number of amides is 2. The van der Waals surface area contributed by atoms with Crippen LogP contribution in [0.5, 0.6) is 0 Å². The first-order chi connectivity index (χ1) is 14.0. The zero-order valence-corrected chi connectivity index (χ0v) is 17.6. The fourth-order valence-corrected chi connectivity index (χ4v) is 6.07. The van der Waals surface area contributed by atoms with E-state index in [1.54, 1.807) is 0 Å². The van der Waals surface area contributed by atoms with Gasteiger partial charge in [-0.3, -0.25) is 14.3 Å². The van der Waals surface area contributed by atoms with Gasteiger partial charge in [0, 0.05) is 38.3 Å². The predicted octanol–water partition coefficient (Wildman–Crippen LogP) is 2.99. The van der Waals surface area contributed by atoms with Crippen LogP contribution in [0, 0.1) is 11.8 Å². The summed E-state index contributed by atoms with van der Waals surface area (Å²) in [6.07, 6.45) is 12.1. The van der Waals surface area contributed by atoms with Crippen molar-refractivity contribution in [3.8, 4) is 0 Å². The monoisotopic (exact) mass is 396 g/mol. The maximum atomic E-state index is 13.4. The molecule has 4 heterocycles. The number of carbonyl (C=O) groups excluding carboxylic acids is 2. The highest BCUT2D eigenvalue weighted by Gasteiger charge is 2.46. The highest BCUT2D eigenvalue weighted by atomic mass is 16.2. The molecule has 2 saturated heterocycles. The van der Waals surface area contributed by atoms with Gasteiger partial charge in [0.05, 0.1) is 17.7 Å². The van der Waals surface area contributed by atoms with Gasteiger partial charge in [-0.05, 0) is 62.5 Å². The summed E-state index contributed by atoms with van der Waals surface area (Å²) in [5.41, 5.74) is 2.46. The number of hydrogen-bond acceptors (Lipinski definition) is 3. The summed E-state index contributed by atoms with van der Waals surface area (Å²) in [6, 6.07) is 2.85. The molecule has 29 heavy (non-hydrogen) atoms. The predicted molar refractivity (Wildman–Crippen MR) is 111 cm³/mol. The molecule has 4 aliphatic rings. The molecule has 3 fully saturated rings. The topological polar surface area (TPSA) is 58.4 Å². The lowest BCUT2D eigenvalue weighted by atomic mass is 9.86. The second kappa shape index (κ2) is 7.29. The van der Waals surface area contributed by atoms with Gasteiger partial charge in [-0.15, -0.1) is 0 Å². The molecule has 6 nitrogen and oxygen atoms in total. The number of aromatic nitrogens is 2. The third-order valence-electron chi connectivity index (χ3n) is 7.73. The van der Waals surface area contributed by atoms with Crippen molar-refractivity contribution in [2.75, 3.05) is 6.54 Å². The van der Waals surface area contributed by atoms with Crippen LogP contribution in [0.3, 0.4) is 0 Å². The Kier molecular flexibility index (Phi) is 4.75. The maximum absolute atomic E-state index is 13.4. The second-order valence-corrected chi connectivity index (χ2v) is 9.64. The summed E-state index contributed by atoms with van der Waals surface area (Å²) in [6.45, 7) is 2.93. The molecule has 0 N–H and O–H groups in total. The molecule has 5 rings (SSSR count). The molecular weight excluding hydrogens is 364 g/mol. The molecule has 1 saturated carbocycles. The van der Waals surface area contributed by atoms with Crippen molar-refractivity contribution in [1.29, 1.82) is 0 Å². The van der Waals surface area contributed by atoms with Crippen molar-refractivity contribution in [3.05, 3.63) is 24.0 Å². The minimum absolute atomic E-state index is 0.156. The molecule has 3 atom stereocenters. The smallest absolute Gasteiger partial charge is 0.228 e. The number of fused-ring (bicyclic) bond motifs is 2. The van der Waals surface area contributed by atoms with E-state index in [1.807, 2.05) is 22.8 Å². The van der Waals surface area contributed by atoms with E-state index in [0.717, 1.165) is 43.7 Å². The molecule has 6 heteroatoms. The number of nitrogens with zero attached hydrogens (tertiary/aromatic N) is 4.